The third-order valence-corrected chi connectivity index (χ3v) is 6.58. The second kappa shape index (κ2) is 3.50. The molecule has 1 heteroatoms. The van der Waals surface area contributed by atoms with E-state index in [2.05, 4.69) is 27.7 Å². The molecule has 3 aliphatic rings. The summed E-state index contributed by atoms with van der Waals surface area (Å²) in [7, 11) is 0. The summed E-state index contributed by atoms with van der Waals surface area (Å²) in [5.74, 6) is 1.73. The van der Waals surface area contributed by atoms with Crippen LogP contribution < -0.4 is 0 Å². The van der Waals surface area contributed by atoms with E-state index in [0.29, 0.717) is 10.8 Å². The minimum Gasteiger partial charge on any atom is -0.375 e. The Hall–Kier alpha value is -0.0400. The summed E-state index contributed by atoms with van der Waals surface area (Å²) < 4.78 is 6.13. The first-order valence-corrected chi connectivity index (χ1v) is 7.52. The minimum atomic E-state index is 0.207. The fraction of sp³-hybridized carbons (Fsp3) is 1.00. The fourth-order valence-electron chi connectivity index (χ4n) is 5.82. The zero-order valence-corrected chi connectivity index (χ0v) is 12.0. The molecule has 1 nitrogen and oxygen atoms in total. The maximum absolute atomic E-state index is 6.13. The van der Waals surface area contributed by atoms with E-state index in [9.17, 15) is 0 Å². The molecule has 4 atom stereocenters. The van der Waals surface area contributed by atoms with E-state index in [1.165, 1.54) is 38.5 Å². The molecule has 0 aromatic heterocycles. The molecule has 0 unspecified atom stereocenters. The van der Waals surface area contributed by atoms with E-state index in [0.717, 1.165) is 18.4 Å². The SMILES string of the molecule is CC1(C)CCC[C@]2(C)[C@H]1CC[C@@]1(C)OCC[C@@H]21. The molecule has 1 saturated heterocycles. The van der Waals surface area contributed by atoms with Crippen LogP contribution in [0.15, 0.2) is 0 Å². The van der Waals surface area contributed by atoms with Crippen molar-refractivity contribution in [2.75, 3.05) is 6.61 Å². The summed E-state index contributed by atoms with van der Waals surface area (Å²) in [5, 5.41) is 0. The molecule has 3 rings (SSSR count). The monoisotopic (exact) mass is 236 g/mol. The molecule has 1 aliphatic heterocycles. The van der Waals surface area contributed by atoms with Gasteiger partial charge in [-0.15, -0.1) is 0 Å². The van der Waals surface area contributed by atoms with Crippen molar-refractivity contribution in [1.29, 1.82) is 0 Å². The summed E-state index contributed by atoms with van der Waals surface area (Å²) >= 11 is 0. The maximum atomic E-state index is 6.13. The lowest BCUT2D eigenvalue weighted by Gasteiger charge is -2.60. The summed E-state index contributed by atoms with van der Waals surface area (Å²) in [6.07, 6.45) is 8.27. The minimum absolute atomic E-state index is 0.207. The van der Waals surface area contributed by atoms with Crippen molar-refractivity contribution in [3.05, 3.63) is 0 Å². The molecule has 0 bridgehead atoms. The molecule has 0 radical (unpaired) electrons. The van der Waals surface area contributed by atoms with E-state index in [1.807, 2.05) is 0 Å². The summed E-state index contributed by atoms with van der Waals surface area (Å²) in [6.45, 7) is 11.0. The van der Waals surface area contributed by atoms with Gasteiger partial charge in [0.1, 0.15) is 0 Å². The van der Waals surface area contributed by atoms with Crippen molar-refractivity contribution >= 4 is 0 Å². The molecule has 0 aromatic rings. The van der Waals surface area contributed by atoms with Crippen LogP contribution in [-0.2, 0) is 4.74 Å². The predicted octanol–water partition coefficient (Wildman–Crippen LogP) is 4.41. The highest BCUT2D eigenvalue weighted by Gasteiger charge is 2.60. The van der Waals surface area contributed by atoms with Crippen molar-refractivity contribution in [2.24, 2.45) is 22.7 Å². The summed E-state index contributed by atoms with van der Waals surface area (Å²) in [5.41, 5.74) is 1.31. The first-order valence-electron chi connectivity index (χ1n) is 7.52. The van der Waals surface area contributed by atoms with Crippen LogP contribution in [0.25, 0.3) is 0 Å². The molecule has 2 saturated carbocycles. The van der Waals surface area contributed by atoms with Crippen LogP contribution in [0.3, 0.4) is 0 Å². The highest BCUT2D eigenvalue weighted by atomic mass is 16.5. The van der Waals surface area contributed by atoms with Gasteiger partial charge in [-0.2, -0.15) is 0 Å². The van der Waals surface area contributed by atoms with Crippen LogP contribution in [0.5, 0.6) is 0 Å². The zero-order valence-electron chi connectivity index (χ0n) is 12.0. The highest BCUT2D eigenvalue weighted by molar-refractivity contribution is 5.09. The van der Waals surface area contributed by atoms with Crippen molar-refractivity contribution in [2.45, 2.75) is 71.8 Å². The average Bonchev–Trinajstić information content (AvgIpc) is 2.60. The Balaban J connectivity index is 1.98. The van der Waals surface area contributed by atoms with Crippen LogP contribution in [0.1, 0.15) is 66.2 Å². The van der Waals surface area contributed by atoms with Crippen LogP contribution >= 0.6 is 0 Å². The van der Waals surface area contributed by atoms with E-state index in [4.69, 9.17) is 4.74 Å². The lowest BCUT2D eigenvalue weighted by atomic mass is 9.46. The van der Waals surface area contributed by atoms with Crippen molar-refractivity contribution in [3.8, 4) is 0 Å². The topological polar surface area (TPSA) is 9.23 Å². The van der Waals surface area contributed by atoms with E-state index in [-0.39, 0.29) is 5.60 Å². The predicted molar refractivity (Wildman–Crippen MR) is 70.9 cm³/mol. The van der Waals surface area contributed by atoms with Gasteiger partial charge in [0, 0.05) is 6.61 Å². The first-order chi connectivity index (χ1) is 7.89. The molecular formula is C16H28O. The quantitative estimate of drug-likeness (QED) is 0.605. The molecule has 2 aliphatic carbocycles. The van der Waals surface area contributed by atoms with E-state index >= 15 is 0 Å². The second-order valence-electron chi connectivity index (χ2n) is 7.94. The Morgan fingerprint density at radius 1 is 0.882 bits per heavy atom. The summed E-state index contributed by atoms with van der Waals surface area (Å²) in [6, 6.07) is 0. The molecule has 0 N–H and O–H groups in total. The largest absolute Gasteiger partial charge is 0.375 e. The molecule has 0 amide bonds. The Labute approximate surface area is 106 Å². The third-order valence-electron chi connectivity index (χ3n) is 6.58. The van der Waals surface area contributed by atoms with Gasteiger partial charge in [-0.1, -0.05) is 27.2 Å². The molecule has 0 aromatic carbocycles. The molecule has 98 valence electrons. The molecule has 1 heterocycles. The van der Waals surface area contributed by atoms with Crippen LogP contribution in [0.4, 0.5) is 0 Å². The van der Waals surface area contributed by atoms with Gasteiger partial charge in [0.05, 0.1) is 5.60 Å². The van der Waals surface area contributed by atoms with Crippen LogP contribution in [-0.4, -0.2) is 12.2 Å². The number of fused-ring (bicyclic) bond motifs is 3. The van der Waals surface area contributed by atoms with Gasteiger partial charge in [-0.25, -0.2) is 0 Å². The lowest BCUT2D eigenvalue weighted by molar-refractivity contribution is -0.147. The second-order valence-corrected chi connectivity index (χ2v) is 7.94. The normalized spacial score (nSPS) is 52.9. The number of hydrogen-bond donors (Lipinski definition) is 0. The Morgan fingerprint density at radius 2 is 1.65 bits per heavy atom. The van der Waals surface area contributed by atoms with Crippen LogP contribution in [0, 0.1) is 22.7 Å². The Morgan fingerprint density at radius 3 is 2.41 bits per heavy atom. The first kappa shape index (κ1) is 12.0. The van der Waals surface area contributed by atoms with Gasteiger partial charge >= 0.3 is 0 Å². The van der Waals surface area contributed by atoms with Crippen molar-refractivity contribution in [3.63, 3.8) is 0 Å². The maximum Gasteiger partial charge on any atom is 0.0688 e. The third kappa shape index (κ3) is 1.54. The molecule has 17 heavy (non-hydrogen) atoms. The Bertz CT molecular complexity index is 317. The zero-order chi connectivity index (χ0) is 12.3. The number of ether oxygens (including phenoxy) is 1. The van der Waals surface area contributed by atoms with Gasteiger partial charge < -0.3 is 4.74 Å². The van der Waals surface area contributed by atoms with Gasteiger partial charge in [0.15, 0.2) is 0 Å². The van der Waals surface area contributed by atoms with E-state index < -0.39 is 0 Å². The van der Waals surface area contributed by atoms with Crippen LogP contribution in [0.2, 0.25) is 0 Å². The van der Waals surface area contributed by atoms with Gasteiger partial charge in [-0.3, -0.25) is 0 Å². The van der Waals surface area contributed by atoms with E-state index in [1.54, 1.807) is 0 Å². The van der Waals surface area contributed by atoms with Gasteiger partial charge in [-0.05, 0) is 61.7 Å². The van der Waals surface area contributed by atoms with Gasteiger partial charge in [0.2, 0.25) is 0 Å². The molecule has 3 fully saturated rings. The average molecular weight is 236 g/mol. The van der Waals surface area contributed by atoms with Crippen molar-refractivity contribution < 1.29 is 4.74 Å². The standard InChI is InChI=1S/C16H28O/c1-14(2)8-5-9-15(3)12(14)6-10-16(4)13(15)7-11-17-16/h12-13H,5-11H2,1-4H3/t12-,13-,15+,16+/m0/s1. The van der Waals surface area contributed by atoms with Crippen molar-refractivity contribution in [1.82, 2.24) is 0 Å². The highest BCUT2D eigenvalue weighted by Crippen LogP contribution is 2.64. The fourth-order valence-corrected chi connectivity index (χ4v) is 5.82. The lowest BCUT2D eigenvalue weighted by Crippen LogP contribution is -2.55. The van der Waals surface area contributed by atoms with Gasteiger partial charge in [0.25, 0.3) is 0 Å². The molecular weight excluding hydrogens is 208 g/mol. The molecule has 0 spiro atoms. The number of rotatable bonds is 0. The Kier molecular flexibility index (Phi) is 2.47. The smallest absolute Gasteiger partial charge is 0.0688 e. The number of hydrogen-bond acceptors (Lipinski definition) is 1. The summed E-state index contributed by atoms with van der Waals surface area (Å²) in [4.78, 5) is 0.